The molecule has 1 saturated heterocycles. The Hall–Kier alpha value is -1.36. The number of nitrogens with one attached hydrogen (secondary N) is 2. The first kappa shape index (κ1) is 16.5. The molecule has 3 rings (SSSR count). The zero-order valence-electron chi connectivity index (χ0n) is 14.5. The number of amides is 1. The molecule has 0 bridgehead atoms. The molecule has 2 heterocycles. The summed E-state index contributed by atoms with van der Waals surface area (Å²) >= 11 is 0. The number of rotatable bonds is 5. The molecule has 2 fully saturated rings. The first-order chi connectivity index (χ1) is 10.9. The summed E-state index contributed by atoms with van der Waals surface area (Å²) in [6.07, 6.45) is 4.89. The van der Waals surface area contributed by atoms with Gasteiger partial charge in [0.25, 0.3) is 0 Å². The minimum absolute atomic E-state index is 0.0143. The lowest BCUT2D eigenvalue weighted by atomic mass is 9.81. The van der Waals surface area contributed by atoms with Crippen molar-refractivity contribution >= 4 is 5.91 Å². The van der Waals surface area contributed by atoms with Crippen LogP contribution < -0.4 is 10.6 Å². The molecule has 2 aliphatic rings. The molecule has 1 amide bonds. The van der Waals surface area contributed by atoms with E-state index < -0.39 is 0 Å². The first-order valence-corrected chi connectivity index (χ1v) is 8.88. The fourth-order valence-corrected chi connectivity index (χ4v) is 3.27. The zero-order chi connectivity index (χ0) is 16.4. The van der Waals surface area contributed by atoms with Crippen LogP contribution in [0.2, 0.25) is 0 Å². The zero-order valence-corrected chi connectivity index (χ0v) is 14.5. The number of piperidine rings is 1. The molecule has 1 aliphatic heterocycles. The maximum Gasteiger partial charge on any atom is 0.220 e. The topological polar surface area (TPSA) is 67.2 Å². The van der Waals surface area contributed by atoms with Crippen LogP contribution in [0.4, 0.5) is 0 Å². The second-order valence-electron chi connectivity index (χ2n) is 8.20. The Balaban J connectivity index is 1.59. The molecule has 0 unspecified atom stereocenters. The van der Waals surface area contributed by atoms with Crippen LogP contribution in [-0.2, 0) is 16.6 Å². The van der Waals surface area contributed by atoms with Crippen LogP contribution in [-0.4, -0.2) is 30.2 Å². The normalized spacial score (nSPS) is 25.3. The molecule has 1 saturated carbocycles. The largest absolute Gasteiger partial charge is 0.361 e. The number of carbonyl (C=O) groups is 1. The summed E-state index contributed by atoms with van der Waals surface area (Å²) in [6.45, 7) is 8.35. The summed E-state index contributed by atoms with van der Waals surface area (Å²) in [5.74, 6) is 2.04. The van der Waals surface area contributed by atoms with Gasteiger partial charge in [-0.1, -0.05) is 25.9 Å². The Kier molecular flexibility index (Phi) is 4.76. The highest BCUT2D eigenvalue weighted by Crippen LogP contribution is 2.29. The van der Waals surface area contributed by atoms with Crippen LogP contribution in [0.1, 0.15) is 57.9 Å². The van der Waals surface area contributed by atoms with Gasteiger partial charge in [0.1, 0.15) is 5.76 Å². The lowest BCUT2D eigenvalue weighted by Crippen LogP contribution is -2.40. The van der Waals surface area contributed by atoms with Crippen LogP contribution >= 0.6 is 0 Å². The molecule has 5 nitrogen and oxygen atoms in total. The second kappa shape index (κ2) is 6.63. The van der Waals surface area contributed by atoms with Gasteiger partial charge in [0.15, 0.2) is 0 Å². The number of carbonyl (C=O) groups excluding carboxylic acids is 1. The van der Waals surface area contributed by atoms with Crippen molar-refractivity contribution in [3.8, 4) is 0 Å². The summed E-state index contributed by atoms with van der Waals surface area (Å²) in [5.41, 5.74) is 0.996. The van der Waals surface area contributed by atoms with Crippen molar-refractivity contribution in [2.45, 2.75) is 64.3 Å². The SMILES string of the molecule is CC(C)(C)c1cc(C[C@@H]2CNCC[C@H]2CC(=O)NC2CC2)no1. The molecule has 2 atom stereocenters. The number of nitrogens with zero attached hydrogens (tertiary/aromatic N) is 1. The molecular weight excluding hydrogens is 290 g/mol. The Morgan fingerprint density at radius 3 is 2.78 bits per heavy atom. The average molecular weight is 319 g/mol. The van der Waals surface area contributed by atoms with E-state index in [1.165, 1.54) is 0 Å². The van der Waals surface area contributed by atoms with E-state index in [4.69, 9.17) is 4.52 Å². The van der Waals surface area contributed by atoms with Crippen molar-refractivity contribution in [2.24, 2.45) is 11.8 Å². The molecule has 0 aromatic carbocycles. The maximum absolute atomic E-state index is 12.1. The van der Waals surface area contributed by atoms with Crippen molar-refractivity contribution in [2.75, 3.05) is 13.1 Å². The number of hydrogen-bond acceptors (Lipinski definition) is 4. The highest BCUT2D eigenvalue weighted by molar-refractivity contribution is 5.76. The van der Waals surface area contributed by atoms with Gasteiger partial charge in [0.2, 0.25) is 5.91 Å². The smallest absolute Gasteiger partial charge is 0.220 e. The highest BCUT2D eigenvalue weighted by atomic mass is 16.5. The van der Waals surface area contributed by atoms with Gasteiger partial charge in [0, 0.05) is 23.9 Å². The van der Waals surface area contributed by atoms with Crippen molar-refractivity contribution < 1.29 is 9.32 Å². The fraction of sp³-hybridized carbons (Fsp3) is 0.778. The Morgan fingerprint density at radius 1 is 1.35 bits per heavy atom. The third-order valence-corrected chi connectivity index (χ3v) is 4.92. The molecule has 128 valence electrons. The number of aromatic nitrogens is 1. The second-order valence-corrected chi connectivity index (χ2v) is 8.20. The molecule has 1 aliphatic carbocycles. The predicted octanol–water partition coefficient (Wildman–Crippen LogP) is 2.41. The fourth-order valence-electron chi connectivity index (χ4n) is 3.27. The molecule has 0 radical (unpaired) electrons. The molecular formula is C18H29N3O2. The van der Waals surface area contributed by atoms with E-state index in [0.717, 1.165) is 50.2 Å². The van der Waals surface area contributed by atoms with Crippen LogP contribution in [0, 0.1) is 11.8 Å². The average Bonchev–Trinajstić information content (AvgIpc) is 3.14. The first-order valence-electron chi connectivity index (χ1n) is 8.88. The summed E-state index contributed by atoms with van der Waals surface area (Å²) in [6, 6.07) is 2.53. The van der Waals surface area contributed by atoms with Gasteiger partial charge in [0.05, 0.1) is 5.69 Å². The quantitative estimate of drug-likeness (QED) is 0.874. The molecule has 5 heteroatoms. The molecule has 23 heavy (non-hydrogen) atoms. The van der Waals surface area contributed by atoms with Crippen LogP contribution in [0.3, 0.4) is 0 Å². The van der Waals surface area contributed by atoms with E-state index in [2.05, 4.69) is 42.6 Å². The lowest BCUT2D eigenvalue weighted by molar-refractivity contribution is -0.122. The number of hydrogen-bond donors (Lipinski definition) is 2. The molecule has 0 spiro atoms. The van der Waals surface area contributed by atoms with Gasteiger partial charge >= 0.3 is 0 Å². The summed E-state index contributed by atoms with van der Waals surface area (Å²) in [7, 11) is 0. The van der Waals surface area contributed by atoms with Gasteiger partial charge in [-0.3, -0.25) is 4.79 Å². The third kappa shape index (κ3) is 4.56. The van der Waals surface area contributed by atoms with Crippen molar-refractivity contribution in [3.63, 3.8) is 0 Å². The van der Waals surface area contributed by atoms with E-state index in [1.807, 2.05) is 0 Å². The van der Waals surface area contributed by atoms with E-state index in [0.29, 0.717) is 24.3 Å². The standard InChI is InChI=1S/C18H29N3O2/c1-18(2,3)16-10-15(21-23-16)8-13-11-19-7-6-12(13)9-17(22)20-14-4-5-14/h10,12-14,19H,4-9,11H2,1-3H3,(H,20,22)/t12-,13+/m0/s1. The molecule has 1 aromatic heterocycles. The van der Waals surface area contributed by atoms with Gasteiger partial charge in [-0.25, -0.2) is 0 Å². The van der Waals surface area contributed by atoms with Crippen molar-refractivity contribution in [3.05, 3.63) is 17.5 Å². The lowest BCUT2D eigenvalue weighted by Gasteiger charge is -2.31. The Labute approximate surface area is 138 Å². The maximum atomic E-state index is 12.1. The van der Waals surface area contributed by atoms with Crippen LogP contribution in [0.5, 0.6) is 0 Å². The summed E-state index contributed by atoms with van der Waals surface area (Å²) in [5, 5.41) is 10.8. The molecule has 1 aromatic rings. The predicted molar refractivity (Wildman–Crippen MR) is 89.2 cm³/mol. The van der Waals surface area contributed by atoms with E-state index >= 15 is 0 Å². The van der Waals surface area contributed by atoms with E-state index in [9.17, 15) is 4.79 Å². The third-order valence-electron chi connectivity index (χ3n) is 4.92. The summed E-state index contributed by atoms with van der Waals surface area (Å²) < 4.78 is 5.50. The minimum Gasteiger partial charge on any atom is -0.361 e. The van der Waals surface area contributed by atoms with Crippen LogP contribution in [0.25, 0.3) is 0 Å². The van der Waals surface area contributed by atoms with Gasteiger partial charge in [-0.2, -0.15) is 0 Å². The Morgan fingerprint density at radius 2 is 2.13 bits per heavy atom. The molecule has 2 N–H and O–H groups in total. The van der Waals surface area contributed by atoms with E-state index in [1.54, 1.807) is 0 Å². The minimum atomic E-state index is -0.0143. The summed E-state index contributed by atoms with van der Waals surface area (Å²) in [4.78, 5) is 12.1. The van der Waals surface area contributed by atoms with Gasteiger partial charge < -0.3 is 15.2 Å². The van der Waals surface area contributed by atoms with Crippen LogP contribution in [0.15, 0.2) is 10.6 Å². The Bertz CT molecular complexity index is 543. The van der Waals surface area contributed by atoms with Crippen molar-refractivity contribution in [1.82, 2.24) is 15.8 Å². The van der Waals surface area contributed by atoms with E-state index in [-0.39, 0.29) is 11.3 Å². The monoisotopic (exact) mass is 319 g/mol. The highest BCUT2D eigenvalue weighted by Gasteiger charge is 2.30. The van der Waals surface area contributed by atoms with Gasteiger partial charge in [-0.05, 0) is 50.6 Å². The van der Waals surface area contributed by atoms with Gasteiger partial charge in [-0.15, -0.1) is 0 Å². The van der Waals surface area contributed by atoms with Crippen molar-refractivity contribution in [1.29, 1.82) is 0 Å².